The number of hydrogen-bond donors (Lipinski definition) is 1. The summed E-state index contributed by atoms with van der Waals surface area (Å²) in [6.07, 6.45) is 1.47. The Bertz CT molecular complexity index is 732. The normalized spacial score (nSPS) is 10.5. The van der Waals surface area contributed by atoms with Crippen LogP contribution in [0.5, 0.6) is 11.5 Å². The van der Waals surface area contributed by atoms with E-state index in [0.29, 0.717) is 23.8 Å². The van der Waals surface area contributed by atoms with Crippen LogP contribution in [-0.4, -0.2) is 32.4 Å². The number of hydrogen-bond acceptors (Lipinski definition) is 5. The lowest BCUT2D eigenvalue weighted by Crippen LogP contribution is -2.16. The van der Waals surface area contributed by atoms with Crippen molar-refractivity contribution in [1.29, 1.82) is 0 Å². The van der Waals surface area contributed by atoms with E-state index < -0.39 is 5.91 Å². The first-order valence-corrected chi connectivity index (χ1v) is 7.64. The number of oxime groups is 1. The molecule has 0 aliphatic rings. The van der Waals surface area contributed by atoms with Gasteiger partial charge in [-0.05, 0) is 49.4 Å². The minimum absolute atomic E-state index is 0.262. The van der Waals surface area contributed by atoms with Gasteiger partial charge in [0.25, 0.3) is 5.91 Å². The van der Waals surface area contributed by atoms with Gasteiger partial charge in [0.15, 0.2) is 18.1 Å². The van der Waals surface area contributed by atoms with Crippen LogP contribution in [0.2, 0.25) is 0 Å². The maximum absolute atomic E-state index is 12.8. The van der Waals surface area contributed by atoms with Gasteiger partial charge in [-0.2, -0.15) is 0 Å². The van der Waals surface area contributed by atoms with Crippen LogP contribution < -0.4 is 14.8 Å². The standard InChI is InChI=1S/C18H19FN2O4/c1-3-24-17-10-13(4-9-16(17)23-2)11-20-25-12-18(22)21-15-7-5-14(19)6-8-15/h4-11H,3,12H2,1-2H3,(H,21,22). The van der Waals surface area contributed by atoms with Crippen molar-refractivity contribution in [2.75, 3.05) is 25.6 Å². The van der Waals surface area contributed by atoms with E-state index in [0.717, 1.165) is 5.56 Å². The van der Waals surface area contributed by atoms with Crippen LogP contribution in [0.15, 0.2) is 47.6 Å². The van der Waals surface area contributed by atoms with Crippen molar-refractivity contribution in [3.63, 3.8) is 0 Å². The van der Waals surface area contributed by atoms with Gasteiger partial charge < -0.3 is 19.6 Å². The van der Waals surface area contributed by atoms with Crippen molar-refractivity contribution in [1.82, 2.24) is 0 Å². The maximum atomic E-state index is 12.8. The number of nitrogens with one attached hydrogen (secondary N) is 1. The smallest absolute Gasteiger partial charge is 0.265 e. The lowest BCUT2D eigenvalue weighted by atomic mass is 10.2. The van der Waals surface area contributed by atoms with E-state index in [4.69, 9.17) is 14.3 Å². The molecule has 0 unspecified atom stereocenters. The molecular weight excluding hydrogens is 327 g/mol. The summed E-state index contributed by atoms with van der Waals surface area (Å²) in [5, 5.41) is 6.32. The molecule has 6 nitrogen and oxygen atoms in total. The zero-order valence-corrected chi connectivity index (χ0v) is 14.0. The molecule has 132 valence electrons. The Morgan fingerprint density at radius 3 is 2.64 bits per heavy atom. The summed E-state index contributed by atoms with van der Waals surface area (Å²) in [6, 6.07) is 10.7. The predicted octanol–water partition coefficient (Wildman–Crippen LogP) is 3.22. The van der Waals surface area contributed by atoms with Gasteiger partial charge in [-0.3, -0.25) is 4.79 Å². The van der Waals surface area contributed by atoms with E-state index >= 15 is 0 Å². The van der Waals surface area contributed by atoms with Crippen LogP contribution in [0.25, 0.3) is 0 Å². The summed E-state index contributed by atoms with van der Waals surface area (Å²) in [4.78, 5) is 16.7. The van der Waals surface area contributed by atoms with Gasteiger partial charge in [0, 0.05) is 11.3 Å². The molecule has 2 aromatic rings. The third-order valence-corrected chi connectivity index (χ3v) is 3.09. The molecule has 0 aliphatic heterocycles. The number of methoxy groups -OCH3 is 1. The van der Waals surface area contributed by atoms with E-state index in [1.807, 2.05) is 6.92 Å². The molecule has 0 aliphatic carbocycles. The highest BCUT2D eigenvalue weighted by Crippen LogP contribution is 2.27. The molecule has 7 heteroatoms. The van der Waals surface area contributed by atoms with Gasteiger partial charge in [0.1, 0.15) is 5.82 Å². The van der Waals surface area contributed by atoms with Gasteiger partial charge in [0.2, 0.25) is 0 Å². The molecule has 0 fully saturated rings. The fourth-order valence-corrected chi connectivity index (χ4v) is 1.97. The third kappa shape index (κ3) is 5.80. The Kier molecular flexibility index (Phi) is 6.76. The molecule has 0 heterocycles. The largest absolute Gasteiger partial charge is 0.493 e. The average Bonchev–Trinajstić information content (AvgIpc) is 2.61. The van der Waals surface area contributed by atoms with Gasteiger partial charge in [-0.1, -0.05) is 5.16 Å². The van der Waals surface area contributed by atoms with E-state index in [-0.39, 0.29) is 12.4 Å². The molecule has 0 saturated carbocycles. The van der Waals surface area contributed by atoms with Crippen molar-refractivity contribution >= 4 is 17.8 Å². The highest BCUT2D eigenvalue weighted by Gasteiger charge is 2.05. The first-order chi connectivity index (χ1) is 12.1. The second kappa shape index (κ2) is 9.27. The number of nitrogens with zero attached hydrogens (tertiary/aromatic N) is 1. The lowest BCUT2D eigenvalue weighted by molar-refractivity contribution is -0.120. The summed E-state index contributed by atoms with van der Waals surface area (Å²) in [6.45, 7) is 2.13. The molecule has 1 N–H and O–H groups in total. The second-order valence-electron chi connectivity index (χ2n) is 4.91. The Hall–Kier alpha value is -3.09. The number of rotatable bonds is 8. The maximum Gasteiger partial charge on any atom is 0.265 e. The summed E-state index contributed by atoms with van der Waals surface area (Å²) in [5.41, 5.74) is 1.22. The molecule has 0 saturated heterocycles. The average molecular weight is 346 g/mol. The van der Waals surface area contributed by atoms with Crippen LogP contribution >= 0.6 is 0 Å². The molecule has 2 rings (SSSR count). The fourth-order valence-electron chi connectivity index (χ4n) is 1.97. The monoisotopic (exact) mass is 346 g/mol. The van der Waals surface area contributed by atoms with Crippen molar-refractivity contribution in [2.45, 2.75) is 6.92 Å². The van der Waals surface area contributed by atoms with Crippen LogP contribution in [-0.2, 0) is 9.63 Å². The topological polar surface area (TPSA) is 69.2 Å². The number of anilines is 1. The molecular formula is C18H19FN2O4. The van der Waals surface area contributed by atoms with Crippen molar-refractivity contribution < 1.29 is 23.5 Å². The molecule has 2 aromatic carbocycles. The number of carbonyl (C=O) groups excluding carboxylic acids is 1. The Labute approximate surface area is 145 Å². The van der Waals surface area contributed by atoms with E-state index in [1.165, 1.54) is 30.5 Å². The minimum Gasteiger partial charge on any atom is -0.493 e. The molecule has 25 heavy (non-hydrogen) atoms. The predicted molar refractivity (Wildman–Crippen MR) is 92.7 cm³/mol. The van der Waals surface area contributed by atoms with Crippen LogP contribution in [0.3, 0.4) is 0 Å². The first kappa shape index (κ1) is 18.3. The van der Waals surface area contributed by atoms with Crippen LogP contribution in [0.1, 0.15) is 12.5 Å². The third-order valence-electron chi connectivity index (χ3n) is 3.09. The number of benzene rings is 2. The quantitative estimate of drug-likeness (QED) is 0.589. The fraction of sp³-hybridized carbons (Fsp3) is 0.222. The summed E-state index contributed by atoms with van der Waals surface area (Å²) < 4.78 is 23.5. The van der Waals surface area contributed by atoms with Crippen molar-refractivity contribution in [2.24, 2.45) is 5.16 Å². The molecule has 0 aromatic heterocycles. The van der Waals surface area contributed by atoms with Crippen LogP contribution in [0, 0.1) is 5.82 Å². The van der Waals surface area contributed by atoms with Gasteiger partial charge in [-0.25, -0.2) is 4.39 Å². The lowest BCUT2D eigenvalue weighted by Gasteiger charge is -2.09. The summed E-state index contributed by atoms with van der Waals surface area (Å²) in [7, 11) is 1.56. The van der Waals surface area contributed by atoms with E-state index in [2.05, 4.69) is 10.5 Å². The van der Waals surface area contributed by atoms with Crippen LogP contribution in [0.4, 0.5) is 10.1 Å². The van der Waals surface area contributed by atoms with Crippen molar-refractivity contribution in [3.05, 3.63) is 53.8 Å². The molecule has 0 atom stereocenters. The number of carbonyl (C=O) groups is 1. The van der Waals surface area contributed by atoms with E-state index in [1.54, 1.807) is 25.3 Å². The Morgan fingerprint density at radius 1 is 1.20 bits per heavy atom. The first-order valence-electron chi connectivity index (χ1n) is 7.64. The zero-order chi connectivity index (χ0) is 18.1. The zero-order valence-electron chi connectivity index (χ0n) is 14.0. The van der Waals surface area contributed by atoms with Gasteiger partial charge >= 0.3 is 0 Å². The summed E-state index contributed by atoms with van der Waals surface area (Å²) in [5.74, 6) is 0.458. The number of amides is 1. The Morgan fingerprint density at radius 2 is 1.96 bits per heavy atom. The Balaban J connectivity index is 1.85. The number of halogens is 1. The minimum atomic E-state index is -0.395. The highest BCUT2D eigenvalue weighted by atomic mass is 19.1. The summed E-state index contributed by atoms with van der Waals surface area (Å²) >= 11 is 0. The molecule has 0 bridgehead atoms. The second-order valence-corrected chi connectivity index (χ2v) is 4.91. The van der Waals surface area contributed by atoms with E-state index in [9.17, 15) is 9.18 Å². The van der Waals surface area contributed by atoms with Gasteiger partial charge in [0.05, 0.1) is 19.9 Å². The van der Waals surface area contributed by atoms with Crippen molar-refractivity contribution in [3.8, 4) is 11.5 Å². The molecule has 0 radical (unpaired) electrons. The van der Waals surface area contributed by atoms with Gasteiger partial charge in [-0.15, -0.1) is 0 Å². The molecule has 1 amide bonds. The highest BCUT2D eigenvalue weighted by molar-refractivity contribution is 5.91. The molecule has 0 spiro atoms. The SMILES string of the molecule is CCOc1cc(C=NOCC(=O)Nc2ccc(F)cc2)ccc1OC. The number of ether oxygens (including phenoxy) is 2.